The van der Waals surface area contributed by atoms with Crippen molar-refractivity contribution in [1.82, 2.24) is 4.98 Å². The van der Waals surface area contributed by atoms with Gasteiger partial charge in [-0.1, -0.05) is 36.4 Å². The highest BCUT2D eigenvalue weighted by atomic mass is 16.2. The third-order valence-electron chi connectivity index (χ3n) is 3.76. The van der Waals surface area contributed by atoms with Gasteiger partial charge in [0, 0.05) is 29.6 Å². The Balaban J connectivity index is 2.05. The molecule has 1 radical (unpaired) electrons. The molecule has 0 bridgehead atoms. The Hall–Kier alpha value is -2.06. The van der Waals surface area contributed by atoms with E-state index in [-0.39, 0.29) is 12.5 Å². The molecule has 20 heavy (non-hydrogen) atoms. The van der Waals surface area contributed by atoms with Gasteiger partial charge in [-0.25, -0.2) is 0 Å². The van der Waals surface area contributed by atoms with Crippen molar-refractivity contribution in [2.45, 2.75) is 12.3 Å². The van der Waals surface area contributed by atoms with Gasteiger partial charge in [-0.05, 0) is 42.2 Å². The van der Waals surface area contributed by atoms with Crippen molar-refractivity contribution in [2.24, 2.45) is 0 Å². The van der Waals surface area contributed by atoms with Crippen LogP contribution in [0, 0.1) is 6.92 Å². The molecule has 2 aromatic carbocycles. The molecule has 3 aromatic rings. The molecule has 3 rings (SSSR count). The molecule has 0 saturated heterocycles. The second-order valence-electron chi connectivity index (χ2n) is 5.06. The molecule has 0 aliphatic rings. The minimum Gasteiger partial charge on any atom is -0.396 e. The van der Waals surface area contributed by atoms with E-state index < -0.39 is 0 Å². The van der Waals surface area contributed by atoms with Gasteiger partial charge in [-0.3, -0.25) is 0 Å². The van der Waals surface area contributed by atoms with E-state index in [9.17, 15) is 0 Å². The summed E-state index contributed by atoms with van der Waals surface area (Å²) in [4.78, 5) is 3.31. The number of rotatable bonds is 4. The predicted molar refractivity (Wildman–Crippen MR) is 82.7 cm³/mol. The maximum absolute atomic E-state index is 9.08. The summed E-state index contributed by atoms with van der Waals surface area (Å²) in [7, 11) is 0. The molecular formula is C18H18NO. The molecule has 0 aliphatic heterocycles. The molecule has 1 atom stereocenters. The quantitative estimate of drug-likeness (QED) is 0.741. The maximum Gasteiger partial charge on any atom is 0.0471 e. The van der Waals surface area contributed by atoms with Crippen LogP contribution < -0.4 is 0 Å². The summed E-state index contributed by atoms with van der Waals surface area (Å²) in [5.74, 6) is 0.106. The SMILES string of the molecule is [CH2]C(c1ccccc1)c1c[nH]c2ccc(CCO)cc12. The van der Waals surface area contributed by atoms with E-state index in [0.717, 1.165) is 11.1 Å². The Morgan fingerprint density at radius 2 is 1.90 bits per heavy atom. The molecule has 0 aliphatic carbocycles. The first-order valence-corrected chi connectivity index (χ1v) is 6.88. The zero-order valence-corrected chi connectivity index (χ0v) is 11.3. The molecule has 0 saturated carbocycles. The number of nitrogens with one attached hydrogen (secondary N) is 1. The van der Waals surface area contributed by atoms with E-state index in [4.69, 9.17) is 5.11 Å². The Morgan fingerprint density at radius 1 is 1.10 bits per heavy atom. The molecule has 0 fully saturated rings. The smallest absolute Gasteiger partial charge is 0.0471 e. The molecule has 2 heteroatoms. The lowest BCUT2D eigenvalue weighted by Gasteiger charge is -2.11. The Kier molecular flexibility index (Phi) is 3.57. The number of aliphatic hydroxyl groups is 1. The average molecular weight is 264 g/mol. The van der Waals surface area contributed by atoms with E-state index in [1.165, 1.54) is 16.5 Å². The van der Waals surface area contributed by atoms with Gasteiger partial charge in [0.1, 0.15) is 0 Å². The third-order valence-corrected chi connectivity index (χ3v) is 3.76. The van der Waals surface area contributed by atoms with Crippen LogP contribution in [0.15, 0.2) is 54.7 Å². The van der Waals surface area contributed by atoms with Crippen LogP contribution in [0.1, 0.15) is 22.6 Å². The van der Waals surface area contributed by atoms with Crippen LogP contribution in [0.3, 0.4) is 0 Å². The summed E-state index contributed by atoms with van der Waals surface area (Å²) in [5.41, 5.74) is 4.68. The van der Waals surface area contributed by atoms with Crippen molar-refractivity contribution in [2.75, 3.05) is 6.61 Å². The van der Waals surface area contributed by atoms with Crippen LogP contribution in [0.4, 0.5) is 0 Å². The first kappa shape index (κ1) is 12.9. The molecule has 0 amide bonds. The molecular weight excluding hydrogens is 246 g/mol. The second kappa shape index (κ2) is 5.51. The summed E-state index contributed by atoms with van der Waals surface area (Å²) in [6, 6.07) is 16.6. The van der Waals surface area contributed by atoms with Gasteiger partial charge in [0.05, 0.1) is 0 Å². The molecule has 2 N–H and O–H groups in total. The van der Waals surface area contributed by atoms with Gasteiger partial charge in [-0.15, -0.1) is 0 Å². The number of aliphatic hydroxyl groups excluding tert-OH is 1. The molecule has 0 spiro atoms. The minimum absolute atomic E-state index is 0.106. The normalized spacial score (nSPS) is 12.7. The number of hydrogen-bond acceptors (Lipinski definition) is 1. The fraction of sp³-hybridized carbons (Fsp3) is 0.167. The van der Waals surface area contributed by atoms with Crippen LogP contribution in [0.2, 0.25) is 0 Å². The summed E-state index contributed by atoms with van der Waals surface area (Å²) >= 11 is 0. The van der Waals surface area contributed by atoms with Crippen molar-refractivity contribution < 1.29 is 5.11 Å². The standard InChI is InChI=1S/C18H18NO/c1-13(15-5-3-2-4-6-15)17-12-19-18-8-7-14(9-10-20)11-16(17)18/h2-8,11-13,19-20H,1,9-10H2. The van der Waals surface area contributed by atoms with Crippen molar-refractivity contribution >= 4 is 10.9 Å². The van der Waals surface area contributed by atoms with Gasteiger partial charge in [-0.2, -0.15) is 0 Å². The van der Waals surface area contributed by atoms with Crippen LogP contribution in [0.25, 0.3) is 10.9 Å². The second-order valence-corrected chi connectivity index (χ2v) is 5.06. The molecule has 2 nitrogen and oxygen atoms in total. The van der Waals surface area contributed by atoms with Crippen LogP contribution in [-0.4, -0.2) is 16.7 Å². The summed E-state index contributed by atoms with van der Waals surface area (Å²) in [6.07, 6.45) is 2.73. The van der Waals surface area contributed by atoms with E-state index in [0.29, 0.717) is 6.42 Å². The zero-order chi connectivity index (χ0) is 13.9. The first-order valence-electron chi connectivity index (χ1n) is 6.88. The van der Waals surface area contributed by atoms with E-state index in [2.05, 4.69) is 42.2 Å². The van der Waals surface area contributed by atoms with Crippen molar-refractivity contribution in [3.8, 4) is 0 Å². The fourth-order valence-electron chi connectivity index (χ4n) is 2.63. The molecule has 1 unspecified atom stereocenters. The lowest BCUT2D eigenvalue weighted by molar-refractivity contribution is 0.299. The van der Waals surface area contributed by atoms with Gasteiger partial charge in [0.15, 0.2) is 0 Å². The summed E-state index contributed by atoms with van der Waals surface area (Å²) < 4.78 is 0. The van der Waals surface area contributed by atoms with Gasteiger partial charge >= 0.3 is 0 Å². The fourth-order valence-corrected chi connectivity index (χ4v) is 2.63. The van der Waals surface area contributed by atoms with Gasteiger partial charge < -0.3 is 10.1 Å². The number of H-pyrrole nitrogens is 1. The maximum atomic E-state index is 9.08. The lowest BCUT2D eigenvalue weighted by atomic mass is 9.92. The van der Waals surface area contributed by atoms with Crippen LogP contribution >= 0.6 is 0 Å². The van der Waals surface area contributed by atoms with Crippen molar-refractivity contribution in [1.29, 1.82) is 0 Å². The highest BCUT2D eigenvalue weighted by Crippen LogP contribution is 2.30. The number of fused-ring (bicyclic) bond motifs is 1. The third kappa shape index (κ3) is 2.35. The number of aromatic nitrogens is 1. The highest BCUT2D eigenvalue weighted by Gasteiger charge is 2.13. The summed E-state index contributed by atoms with van der Waals surface area (Å²) in [5, 5.41) is 10.3. The largest absolute Gasteiger partial charge is 0.396 e. The number of hydrogen-bond donors (Lipinski definition) is 2. The highest BCUT2D eigenvalue weighted by molar-refractivity contribution is 5.85. The van der Waals surface area contributed by atoms with Crippen LogP contribution in [-0.2, 0) is 6.42 Å². The van der Waals surface area contributed by atoms with E-state index in [1.54, 1.807) is 0 Å². The zero-order valence-electron chi connectivity index (χ0n) is 11.3. The molecule has 1 heterocycles. The Morgan fingerprint density at radius 3 is 2.65 bits per heavy atom. The van der Waals surface area contributed by atoms with E-state index in [1.807, 2.05) is 24.4 Å². The summed E-state index contributed by atoms with van der Waals surface area (Å²) in [6.45, 7) is 4.49. The predicted octanol–water partition coefficient (Wildman–Crippen LogP) is 3.67. The monoisotopic (exact) mass is 264 g/mol. The Bertz CT molecular complexity index is 700. The number of aromatic amines is 1. The first-order chi connectivity index (χ1) is 9.79. The van der Waals surface area contributed by atoms with Gasteiger partial charge in [0.2, 0.25) is 0 Å². The van der Waals surface area contributed by atoms with Crippen molar-refractivity contribution in [3.63, 3.8) is 0 Å². The van der Waals surface area contributed by atoms with Gasteiger partial charge in [0.25, 0.3) is 0 Å². The van der Waals surface area contributed by atoms with Crippen molar-refractivity contribution in [3.05, 3.63) is 78.3 Å². The number of benzene rings is 2. The molecule has 1 aromatic heterocycles. The minimum atomic E-state index is 0.106. The van der Waals surface area contributed by atoms with E-state index >= 15 is 0 Å². The van der Waals surface area contributed by atoms with Crippen LogP contribution in [0.5, 0.6) is 0 Å². The topological polar surface area (TPSA) is 36.0 Å². The average Bonchev–Trinajstić information content (AvgIpc) is 2.91. The Labute approximate surface area is 119 Å². The molecule has 101 valence electrons. The lowest BCUT2D eigenvalue weighted by Crippen LogP contribution is -1.95.